The van der Waals surface area contributed by atoms with Crippen LogP contribution in [-0.4, -0.2) is 27.8 Å². The molecule has 4 rings (SSSR count). The molecule has 2 heterocycles. The molecule has 0 atom stereocenters. The summed E-state index contributed by atoms with van der Waals surface area (Å²) < 4.78 is 7.29. The van der Waals surface area contributed by atoms with Crippen LogP contribution >= 0.6 is 11.3 Å². The second-order valence-electron chi connectivity index (χ2n) is 5.61. The molecule has 0 bridgehead atoms. The van der Waals surface area contributed by atoms with Crippen molar-refractivity contribution in [2.45, 2.75) is 0 Å². The Balaban J connectivity index is 1.63. The molecule has 0 saturated carbocycles. The first-order valence-corrected chi connectivity index (χ1v) is 8.87. The smallest absolute Gasteiger partial charge is 0.277 e. The summed E-state index contributed by atoms with van der Waals surface area (Å²) in [4.78, 5) is 29.0. The van der Waals surface area contributed by atoms with Crippen LogP contribution in [0.2, 0.25) is 0 Å². The van der Waals surface area contributed by atoms with E-state index in [1.54, 1.807) is 31.4 Å². The summed E-state index contributed by atoms with van der Waals surface area (Å²) in [5, 5.41) is 7.35. The number of ether oxygens (including phenoxy) is 1. The maximum absolute atomic E-state index is 12.6. The molecule has 27 heavy (non-hydrogen) atoms. The van der Waals surface area contributed by atoms with Crippen molar-refractivity contribution in [1.29, 1.82) is 0 Å². The zero-order valence-electron chi connectivity index (χ0n) is 14.2. The molecule has 8 heteroatoms. The number of rotatable bonds is 4. The maximum atomic E-state index is 12.6. The first kappa shape index (κ1) is 16.9. The van der Waals surface area contributed by atoms with Crippen molar-refractivity contribution in [3.8, 4) is 11.4 Å². The minimum atomic E-state index is -0.439. The number of aromatic nitrogens is 3. The van der Waals surface area contributed by atoms with Crippen LogP contribution in [0.5, 0.6) is 5.75 Å². The molecular weight excluding hydrogens is 364 g/mol. The number of benzene rings is 2. The van der Waals surface area contributed by atoms with Crippen molar-refractivity contribution in [1.82, 2.24) is 14.8 Å². The van der Waals surface area contributed by atoms with Gasteiger partial charge in [0, 0.05) is 6.07 Å². The summed E-state index contributed by atoms with van der Waals surface area (Å²) in [6.07, 6.45) is 0. The van der Waals surface area contributed by atoms with E-state index in [4.69, 9.17) is 4.74 Å². The van der Waals surface area contributed by atoms with E-state index in [2.05, 4.69) is 15.4 Å². The minimum Gasteiger partial charge on any atom is -0.497 e. The van der Waals surface area contributed by atoms with Crippen molar-refractivity contribution < 1.29 is 9.53 Å². The average Bonchev–Trinajstić information content (AvgIpc) is 3.10. The van der Waals surface area contributed by atoms with Crippen molar-refractivity contribution in [2.75, 3.05) is 12.4 Å². The molecule has 7 nitrogen and oxygen atoms in total. The lowest BCUT2D eigenvalue weighted by Crippen LogP contribution is -2.24. The lowest BCUT2D eigenvalue weighted by molar-refractivity contribution is 0.102. The Kier molecular flexibility index (Phi) is 4.39. The molecular formula is C19H14N4O3S. The Bertz CT molecular complexity index is 1180. The van der Waals surface area contributed by atoms with Crippen molar-refractivity contribution in [2.24, 2.45) is 0 Å². The van der Waals surface area contributed by atoms with E-state index in [-0.39, 0.29) is 11.3 Å². The van der Waals surface area contributed by atoms with Crippen LogP contribution in [0.25, 0.3) is 15.9 Å². The van der Waals surface area contributed by atoms with E-state index in [1.165, 1.54) is 28.2 Å². The summed E-state index contributed by atoms with van der Waals surface area (Å²) in [6.45, 7) is 0. The van der Waals surface area contributed by atoms with Gasteiger partial charge in [-0.1, -0.05) is 29.5 Å². The number of nitrogens with one attached hydrogen (secondary N) is 1. The van der Waals surface area contributed by atoms with Crippen LogP contribution in [0.4, 0.5) is 5.13 Å². The topological polar surface area (TPSA) is 86.1 Å². The third-order valence-electron chi connectivity index (χ3n) is 3.85. The standard InChI is InChI=1S/C19H14N4O3S/c1-26-13-7-8-14-16(11-13)27-19(20-14)21-18(25)15-9-10-17(24)23(22-15)12-5-3-2-4-6-12/h2-11H,1H3,(H,20,21,25). The van der Waals surface area contributed by atoms with Gasteiger partial charge >= 0.3 is 0 Å². The SMILES string of the molecule is COc1ccc2nc(NC(=O)c3ccc(=O)n(-c4ccccc4)n3)sc2c1. The highest BCUT2D eigenvalue weighted by Crippen LogP contribution is 2.29. The maximum Gasteiger partial charge on any atom is 0.277 e. The monoisotopic (exact) mass is 378 g/mol. The second-order valence-corrected chi connectivity index (χ2v) is 6.64. The average molecular weight is 378 g/mol. The summed E-state index contributed by atoms with van der Waals surface area (Å²) in [5.41, 5.74) is 1.16. The highest BCUT2D eigenvalue weighted by molar-refractivity contribution is 7.22. The summed E-state index contributed by atoms with van der Waals surface area (Å²) in [6, 6.07) is 17.1. The number of amides is 1. The van der Waals surface area contributed by atoms with Gasteiger partial charge in [-0.05, 0) is 36.4 Å². The third-order valence-corrected chi connectivity index (χ3v) is 4.78. The quantitative estimate of drug-likeness (QED) is 0.590. The Labute approximate surface area is 157 Å². The zero-order chi connectivity index (χ0) is 18.8. The van der Waals surface area contributed by atoms with Gasteiger partial charge in [-0.25, -0.2) is 4.98 Å². The number of thiazole rings is 1. The lowest BCUT2D eigenvalue weighted by atomic mass is 10.3. The summed E-state index contributed by atoms with van der Waals surface area (Å²) >= 11 is 1.33. The van der Waals surface area contributed by atoms with Crippen LogP contribution in [0, 0.1) is 0 Å². The van der Waals surface area contributed by atoms with Gasteiger partial charge < -0.3 is 4.74 Å². The molecule has 1 N–H and O–H groups in total. The fraction of sp³-hybridized carbons (Fsp3) is 0.0526. The molecule has 0 aliphatic heterocycles. The van der Waals surface area contributed by atoms with Gasteiger partial charge in [0.1, 0.15) is 11.4 Å². The van der Waals surface area contributed by atoms with Crippen molar-refractivity contribution in [3.05, 3.63) is 76.7 Å². The Hall–Kier alpha value is -3.52. The summed E-state index contributed by atoms with van der Waals surface area (Å²) in [5.74, 6) is 0.284. The molecule has 0 aliphatic rings. The third kappa shape index (κ3) is 3.42. The van der Waals surface area contributed by atoms with E-state index < -0.39 is 5.91 Å². The number of nitrogens with zero attached hydrogens (tertiary/aromatic N) is 3. The van der Waals surface area contributed by atoms with Crippen LogP contribution < -0.4 is 15.6 Å². The molecule has 0 saturated heterocycles. The van der Waals surface area contributed by atoms with Gasteiger partial charge in [0.15, 0.2) is 5.13 Å². The lowest BCUT2D eigenvalue weighted by Gasteiger charge is -2.06. The van der Waals surface area contributed by atoms with Gasteiger partial charge in [-0.3, -0.25) is 14.9 Å². The number of carbonyl (C=O) groups excluding carboxylic acids is 1. The number of fused-ring (bicyclic) bond motifs is 1. The molecule has 0 spiro atoms. The molecule has 0 radical (unpaired) electrons. The number of anilines is 1. The van der Waals surface area contributed by atoms with Crippen LogP contribution in [0.1, 0.15) is 10.5 Å². The van der Waals surface area contributed by atoms with E-state index >= 15 is 0 Å². The van der Waals surface area contributed by atoms with E-state index in [0.717, 1.165) is 16.0 Å². The zero-order valence-corrected chi connectivity index (χ0v) is 15.1. The molecule has 0 fully saturated rings. The first-order valence-electron chi connectivity index (χ1n) is 8.06. The molecule has 2 aromatic heterocycles. The number of hydrogen-bond acceptors (Lipinski definition) is 6. The molecule has 1 amide bonds. The van der Waals surface area contributed by atoms with Crippen molar-refractivity contribution >= 4 is 32.6 Å². The number of hydrogen-bond donors (Lipinski definition) is 1. The first-order chi connectivity index (χ1) is 13.1. The summed E-state index contributed by atoms with van der Waals surface area (Å²) in [7, 11) is 1.60. The van der Waals surface area contributed by atoms with E-state index in [9.17, 15) is 9.59 Å². The van der Waals surface area contributed by atoms with Crippen LogP contribution in [0.15, 0.2) is 65.5 Å². The normalized spacial score (nSPS) is 10.7. The van der Waals surface area contributed by atoms with Gasteiger partial charge in [0.05, 0.1) is 23.0 Å². The second kappa shape index (κ2) is 7.00. The van der Waals surface area contributed by atoms with Gasteiger partial charge in [-0.15, -0.1) is 0 Å². The predicted molar refractivity (Wildman–Crippen MR) is 104 cm³/mol. The molecule has 4 aromatic rings. The molecule has 134 valence electrons. The number of carbonyl (C=O) groups is 1. The Morgan fingerprint density at radius 3 is 2.70 bits per heavy atom. The van der Waals surface area contributed by atoms with Gasteiger partial charge in [0.2, 0.25) is 0 Å². The Morgan fingerprint density at radius 2 is 1.93 bits per heavy atom. The highest BCUT2D eigenvalue weighted by atomic mass is 32.1. The van der Waals surface area contributed by atoms with Gasteiger partial charge in [-0.2, -0.15) is 9.78 Å². The van der Waals surface area contributed by atoms with E-state index in [1.807, 2.05) is 24.3 Å². The van der Waals surface area contributed by atoms with Crippen molar-refractivity contribution in [3.63, 3.8) is 0 Å². The minimum absolute atomic E-state index is 0.121. The fourth-order valence-electron chi connectivity index (χ4n) is 2.53. The highest BCUT2D eigenvalue weighted by Gasteiger charge is 2.13. The Morgan fingerprint density at radius 1 is 1.11 bits per heavy atom. The molecule has 0 unspecified atom stereocenters. The molecule has 0 aliphatic carbocycles. The largest absolute Gasteiger partial charge is 0.497 e. The van der Waals surface area contributed by atoms with E-state index in [0.29, 0.717) is 10.8 Å². The van der Waals surface area contributed by atoms with Gasteiger partial charge in [0.25, 0.3) is 11.5 Å². The van der Waals surface area contributed by atoms with Crippen LogP contribution in [-0.2, 0) is 0 Å². The molecule has 2 aromatic carbocycles. The van der Waals surface area contributed by atoms with Crippen LogP contribution in [0.3, 0.4) is 0 Å². The fourth-order valence-corrected chi connectivity index (χ4v) is 3.42. The number of methoxy groups -OCH3 is 1. The predicted octanol–water partition coefficient (Wildman–Crippen LogP) is 3.10. The number of para-hydroxylation sites is 1.